The summed E-state index contributed by atoms with van der Waals surface area (Å²) in [6.45, 7) is 2.21. The summed E-state index contributed by atoms with van der Waals surface area (Å²) in [5.41, 5.74) is 0. The minimum atomic E-state index is 1.17. The van der Waals surface area contributed by atoms with E-state index in [0.717, 1.165) is 0 Å². The summed E-state index contributed by atoms with van der Waals surface area (Å²) in [6.07, 6.45) is 7.70. The number of hydrogen-bond acceptors (Lipinski definition) is 1. The van der Waals surface area contributed by atoms with E-state index in [1.54, 1.807) is 0 Å². The molecule has 0 spiro atoms. The number of pyridine rings is 1. The molecule has 86 valence electrons. The van der Waals surface area contributed by atoms with Gasteiger partial charge >= 0.3 is 0 Å². The molecule has 0 aliphatic rings. The molecule has 0 aliphatic carbocycles. The molecular weight excluding hydrogens is 262 g/mol. The highest BCUT2D eigenvalue weighted by Crippen LogP contribution is 2.09. The average Bonchev–Trinajstić information content (AvgIpc) is 2.37. The molecule has 0 amide bonds. The molecule has 0 bridgehead atoms. The topological polar surface area (TPSA) is 12.9 Å². The van der Waals surface area contributed by atoms with Gasteiger partial charge in [-0.05, 0) is 23.3 Å². The summed E-state index contributed by atoms with van der Waals surface area (Å²) < 4.78 is 0. The normalized spacial score (nSPS) is 9.62. The van der Waals surface area contributed by atoms with E-state index in [-0.39, 0.29) is 0 Å². The number of fused-ring (bicyclic) bond motifs is 1. The van der Waals surface area contributed by atoms with Crippen LogP contribution in [0.3, 0.4) is 0 Å². The van der Waals surface area contributed by atoms with E-state index in [2.05, 4.69) is 40.0 Å². The number of alkyl halides is 1. The van der Waals surface area contributed by atoms with Crippen molar-refractivity contribution in [2.75, 3.05) is 5.33 Å². The summed E-state index contributed by atoms with van der Waals surface area (Å²) in [7, 11) is 0. The molecule has 0 saturated carbocycles. The molecule has 1 nitrogen and oxygen atoms in total. The highest BCUT2D eigenvalue weighted by Gasteiger charge is 1.86. The summed E-state index contributed by atoms with van der Waals surface area (Å²) in [6, 6.07) is 10.2. The second-order valence-electron chi connectivity index (χ2n) is 3.62. The molecule has 0 saturated heterocycles. The minimum absolute atomic E-state index is 1.17. The number of nitrogens with zero attached hydrogens (tertiary/aromatic N) is 1. The van der Waals surface area contributed by atoms with E-state index >= 15 is 0 Å². The number of rotatable bonds is 3. The number of benzene rings is 1. The molecule has 0 N–H and O–H groups in total. The molecule has 0 aliphatic heterocycles. The number of halogens is 1. The molecule has 0 fully saturated rings. The van der Waals surface area contributed by atoms with E-state index in [1.165, 1.54) is 35.4 Å². The van der Waals surface area contributed by atoms with E-state index in [9.17, 15) is 0 Å². The van der Waals surface area contributed by atoms with Gasteiger partial charge in [0.25, 0.3) is 0 Å². The standard InChI is InChI=1S/C9H7N.C5H11Br/c1-2-4-9-7-10-6-5-8(9)3-1;1-2-3-4-5-6/h1-7H;2-5H2,1H3. The molecule has 0 atom stereocenters. The molecule has 1 heterocycles. The van der Waals surface area contributed by atoms with Crippen LogP contribution in [-0.4, -0.2) is 10.3 Å². The maximum Gasteiger partial charge on any atom is 0.0346 e. The number of unbranched alkanes of at least 4 members (excludes halogenated alkanes) is 2. The van der Waals surface area contributed by atoms with Crippen molar-refractivity contribution in [2.45, 2.75) is 26.2 Å². The summed E-state index contributed by atoms with van der Waals surface area (Å²) in [4.78, 5) is 4.01. The smallest absolute Gasteiger partial charge is 0.0346 e. The predicted molar refractivity (Wildman–Crippen MR) is 75.1 cm³/mol. The Hall–Kier alpha value is -0.890. The summed E-state index contributed by atoms with van der Waals surface area (Å²) in [5.74, 6) is 0. The number of hydrogen-bond donors (Lipinski definition) is 0. The van der Waals surface area contributed by atoms with E-state index in [1.807, 2.05) is 30.6 Å². The van der Waals surface area contributed by atoms with Crippen LogP contribution >= 0.6 is 15.9 Å². The lowest BCUT2D eigenvalue weighted by molar-refractivity contribution is 0.781. The lowest BCUT2D eigenvalue weighted by Gasteiger charge is -1.91. The van der Waals surface area contributed by atoms with Crippen LogP contribution in [0.2, 0.25) is 0 Å². The first-order valence-corrected chi connectivity index (χ1v) is 6.85. The Labute approximate surface area is 106 Å². The molecule has 0 unspecified atom stereocenters. The Morgan fingerprint density at radius 3 is 2.38 bits per heavy atom. The van der Waals surface area contributed by atoms with Crippen molar-refractivity contribution < 1.29 is 0 Å². The van der Waals surface area contributed by atoms with Crippen LogP contribution in [0, 0.1) is 0 Å². The minimum Gasteiger partial charge on any atom is -0.264 e. The van der Waals surface area contributed by atoms with Gasteiger partial charge in [0, 0.05) is 17.7 Å². The van der Waals surface area contributed by atoms with E-state index < -0.39 is 0 Å². The fraction of sp³-hybridized carbons (Fsp3) is 0.357. The van der Waals surface area contributed by atoms with Crippen LogP contribution in [-0.2, 0) is 0 Å². The molecule has 2 aromatic rings. The van der Waals surface area contributed by atoms with Crippen molar-refractivity contribution in [3.63, 3.8) is 0 Å². The third kappa shape index (κ3) is 4.75. The van der Waals surface area contributed by atoms with Crippen molar-refractivity contribution in [2.24, 2.45) is 0 Å². The molecule has 0 radical (unpaired) electrons. The Kier molecular flexibility index (Phi) is 6.82. The van der Waals surface area contributed by atoms with Gasteiger partial charge in [-0.2, -0.15) is 0 Å². The molecule has 16 heavy (non-hydrogen) atoms. The summed E-state index contributed by atoms with van der Waals surface area (Å²) in [5, 5.41) is 3.61. The Morgan fingerprint density at radius 1 is 1.06 bits per heavy atom. The molecule has 2 rings (SSSR count). The average molecular weight is 280 g/mol. The van der Waals surface area contributed by atoms with E-state index in [4.69, 9.17) is 0 Å². The molecule has 2 heteroatoms. The Balaban J connectivity index is 0.000000187. The van der Waals surface area contributed by atoms with Gasteiger partial charge in [-0.15, -0.1) is 0 Å². The largest absolute Gasteiger partial charge is 0.264 e. The zero-order chi connectivity index (χ0) is 11.6. The van der Waals surface area contributed by atoms with Gasteiger partial charge in [0.1, 0.15) is 0 Å². The zero-order valence-corrected chi connectivity index (χ0v) is 11.3. The first-order chi connectivity index (χ1) is 7.88. The lowest BCUT2D eigenvalue weighted by Crippen LogP contribution is -1.71. The SMILES string of the molecule is CCCCCBr.c1ccc2cnccc2c1. The van der Waals surface area contributed by atoms with Crippen LogP contribution < -0.4 is 0 Å². The van der Waals surface area contributed by atoms with Crippen LogP contribution in [0.25, 0.3) is 10.8 Å². The second-order valence-corrected chi connectivity index (χ2v) is 4.41. The van der Waals surface area contributed by atoms with Crippen molar-refractivity contribution in [1.82, 2.24) is 4.98 Å². The highest BCUT2D eigenvalue weighted by molar-refractivity contribution is 9.09. The van der Waals surface area contributed by atoms with Crippen LogP contribution in [0.5, 0.6) is 0 Å². The quantitative estimate of drug-likeness (QED) is 0.581. The van der Waals surface area contributed by atoms with Gasteiger partial charge in [0.05, 0.1) is 0 Å². The van der Waals surface area contributed by atoms with Crippen molar-refractivity contribution in [3.8, 4) is 0 Å². The molecular formula is C14H18BrN. The van der Waals surface area contributed by atoms with Gasteiger partial charge in [-0.25, -0.2) is 0 Å². The molecule has 1 aromatic heterocycles. The van der Waals surface area contributed by atoms with Gasteiger partial charge < -0.3 is 0 Å². The second kappa shape index (κ2) is 8.28. The third-order valence-electron chi connectivity index (χ3n) is 2.29. The maximum atomic E-state index is 4.01. The third-order valence-corrected chi connectivity index (χ3v) is 2.85. The highest BCUT2D eigenvalue weighted by atomic mass is 79.9. The van der Waals surface area contributed by atoms with Crippen molar-refractivity contribution in [1.29, 1.82) is 0 Å². The van der Waals surface area contributed by atoms with Crippen LogP contribution in [0.1, 0.15) is 26.2 Å². The Morgan fingerprint density at radius 2 is 1.81 bits per heavy atom. The predicted octanol–water partition coefficient (Wildman–Crippen LogP) is 4.81. The Bertz CT molecular complexity index is 331. The van der Waals surface area contributed by atoms with Gasteiger partial charge in [-0.1, -0.05) is 60.0 Å². The first kappa shape index (κ1) is 13.2. The van der Waals surface area contributed by atoms with Crippen molar-refractivity contribution in [3.05, 3.63) is 42.7 Å². The lowest BCUT2D eigenvalue weighted by atomic mass is 10.2. The van der Waals surface area contributed by atoms with Crippen LogP contribution in [0.4, 0.5) is 0 Å². The van der Waals surface area contributed by atoms with Crippen LogP contribution in [0.15, 0.2) is 42.7 Å². The maximum absolute atomic E-state index is 4.01. The van der Waals surface area contributed by atoms with Gasteiger partial charge in [-0.3, -0.25) is 4.98 Å². The summed E-state index contributed by atoms with van der Waals surface area (Å²) >= 11 is 3.35. The number of aromatic nitrogens is 1. The van der Waals surface area contributed by atoms with E-state index in [0.29, 0.717) is 0 Å². The zero-order valence-electron chi connectivity index (χ0n) is 9.70. The van der Waals surface area contributed by atoms with Gasteiger partial charge in [0.15, 0.2) is 0 Å². The monoisotopic (exact) mass is 279 g/mol. The first-order valence-electron chi connectivity index (χ1n) is 5.73. The van der Waals surface area contributed by atoms with Crippen molar-refractivity contribution >= 4 is 26.7 Å². The fourth-order valence-electron chi connectivity index (χ4n) is 1.37. The van der Waals surface area contributed by atoms with Gasteiger partial charge in [0.2, 0.25) is 0 Å². The molecule has 1 aromatic carbocycles. The fourth-order valence-corrected chi connectivity index (χ4v) is 1.77.